The second-order valence-electron chi connectivity index (χ2n) is 3.67. The third-order valence-corrected chi connectivity index (χ3v) is 2.39. The number of hydrogen-bond donors (Lipinski definition) is 0. The van der Waals surface area contributed by atoms with Gasteiger partial charge in [-0.1, -0.05) is 72.8 Å². The first-order valence-electron chi connectivity index (χ1n) is 6.10. The van der Waals surface area contributed by atoms with Gasteiger partial charge in [-0.15, -0.1) is 0 Å². The molecule has 2 rings (SSSR count). The van der Waals surface area contributed by atoms with Gasteiger partial charge in [-0.05, 0) is 5.56 Å². The first kappa shape index (κ1) is 10.0. The van der Waals surface area contributed by atoms with Gasteiger partial charge in [-0.25, -0.2) is 0 Å². The maximum atomic E-state index is 11.9. The molecule has 1 unspecified atom stereocenters. The average Bonchev–Trinajstić information content (AvgIpc) is 2.46. The second-order valence-corrected chi connectivity index (χ2v) is 3.67. The summed E-state index contributed by atoms with van der Waals surface area (Å²) in [6.45, 7) is 0. The minimum Gasteiger partial charge on any atom is -0.294 e. The molecule has 1 atom stereocenters. The van der Waals surface area contributed by atoms with Crippen LogP contribution in [0.4, 0.5) is 0 Å². The van der Waals surface area contributed by atoms with Gasteiger partial charge >= 0.3 is 0 Å². The molecule has 84 valence electrons. The Morgan fingerprint density at radius 1 is 1.00 bits per heavy atom. The van der Waals surface area contributed by atoms with Gasteiger partial charge in [0, 0.05) is 13.3 Å². The van der Waals surface area contributed by atoms with E-state index in [1.54, 1.807) is 36.4 Å². The van der Waals surface area contributed by atoms with Crippen molar-refractivity contribution in [3.05, 3.63) is 77.9 Å². The Bertz CT molecular complexity index is 532. The van der Waals surface area contributed by atoms with Crippen molar-refractivity contribution in [2.24, 2.45) is 0 Å². The van der Waals surface area contributed by atoms with Crippen LogP contribution in [0.15, 0.2) is 66.7 Å². The molecule has 0 heterocycles. The van der Waals surface area contributed by atoms with E-state index in [2.05, 4.69) is 0 Å². The van der Waals surface area contributed by atoms with Gasteiger partial charge in [0.15, 0.2) is 5.78 Å². The van der Waals surface area contributed by atoms with Gasteiger partial charge in [0.25, 0.3) is 0 Å². The van der Waals surface area contributed by atoms with Crippen LogP contribution < -0.4 is 0 Å². The molecule has 0 aromatic heterocycles. The second kappa shape index (κ2) is 5.80. The van der Waals surface area contributed by atoms with E-state index in [0.29, 0.717) is 5.56 Å². The molecule has 0 aliphatic heterocycles. The maximum Gasteiger partial charge on any atom is 0.166 e. The number of carbonyl (C=O) groups excluding carboxylic acids is 1. The van der Waals surface area contributed by atoms with Crippen LogP contribution in [-0.4, -0.2) is 5.78 Å². The van der Waals surface area contributed by atoms with Crippen LogP contribution in [0.2, 0.25) is 0 Å². The van der Waals surface area contributed by atoms with Gasteiger partial charge in [0.2, 0.25) is 0 Å². The standard InChI is InChI=1S/C16H14O/c17-16(15-11-5-2-6-12-15)13-7-10-14-8-3-1-4-9-14/h1-12H,13H2/b10-7+/i13D. The quantitative estimate of drug-likeness (QED) is 0.717. The highest BCUT2D eigenvalue weighted by Gasteiger charge is 2.01. The summed E-state index contributed by atoms with van der Waals surface area (Å²) >= 11 is 0. The van der Waals surface area contributed by atoms with Gasteiger partial charge in [0.1, 0.15) is 0 Å². The Kier molecular flexibility index (Phi) is 3.43. The van der Waals surface area contributed by atoms with Crippen LogP contribution in [0, 0.1) is 0 Å². The summed E-state index contributed by atoms with van der Waals surface area (Å²) in [4.78, 5) is 11.9. The summed E-state index contributed by atoms with van der Waals surface area (Å²) in [7, 11) is 0. The largest absolute Gasteiger partial charge is 0.294 e. The van der Waals surface area contributed by atoms with E-state index >= 15 is 0 Å². The van der Waals surface area contributed by atoms with E-state index < -0.39 is 6.40 Å². The van der Waals surface area contributed by atoms with Crippen LogP contribution in [0.5, 0.6) is 0 Å². The minimum absolute atomic E-state index is 0.178. The molecule has 2 aromatic rings. The molecule has 0 N–H and O–H groups in total. The predicted molar refractivity (Wildman–Crippen MR) is 70.9 cm³/mol. The monoisotopic (exact) mass is 223 g/mol. The topological polar surface area (TPSA) is 17.1 Å². The zero-order valence-electron chi connectivity index (χ0n) is 10.4. The Balaban J connectivity index is 2.07. The lowest BCUT2D eigenvalue weighted by Gasteiger charge is -1.96. The Morgan fingerprint density at radius 3 is 2.24 bits per heavy atom. The highest BCUT2D eigenvalue weighted by molar-refractivity contribution is 5.97. The lowest BCUT2D eigenvalue weighted by molar-refractivity contribution is 0.0996. The summed E-state index contributed by atoms with van der Waals surface area (Å²) in [6, 6.07) is 18.6. The third kappa shape index (κ3) is 3.42. The molecule has 1 heteroatoms. The molecule has 0 aliphatic carbocycles. The fraction of sp³-hybridized carbons (Fsp3) is 0.0625. The van der Waals surface area contributed by atoms with E-state index in [-0.39, 0.29) is 5.78 Å². The third-order valence-electron chi connectivity index (χ3n) is 2.39. The van der Waals surface area contributed by atoms with Crippen molar-refractivity contribution < 1.29 is 6.17 Å². The number of Topliss-reactive ketones (excluding diaryl/α,β-unsaturated/α-hetero) is 1. The van der Waals surface area contributed by atoms with Crippen molar-refractivity contribution >= 4 is 11.9 Å². The summed E-state index contributed by atoms with van der Waals surface area (Å²) < 4.78 is 7.83. The molecule has 0 fully saturated rings. The summed E-state index contributed by atoms with van der Waals surface area (Å²) in [5.74, 6) is -0.178. The Morgan fingerprint density at radius 2 is 1.59 bits per heavy atom. The zero-order valence-corrected chi connectivity index (χ0v) is 9.41. The molecule has 0 saturated carbocycles. The van der Waals surface area contributed by atoms with Gasteiger partial charge < -0.3 is 0 Å². The molecule has 2 aromatic carbocycles. The molecular weight excluding hydrogens is 208 g/mol. The highest BCUT2D eigenvalue weighted by atomic mass is 16.1. The molecule has 1 nitrogen and oxygen atoms in total. The van der Waals surface area contributed by atoms with Gasteiger partial charge in [0.05, 0.1) is 0 Å². The first-order valence-corrected chi connectivity index (χ1v) is 5.52. The molecule has 0 radical (unpaired) electrons. The normalized spacial score (nSPS) is 13.3. The summed E-state index contributed by atoms with van der Waals surface area (Å²) in [5.41, 5.74) is 1.57. The van der Waals surface area contributed by atoms with Crippen molar-refractivity contribution in [1.82, 2.24) is 0 Å². The van der Waals surface area contributed by atoms with Crippen LogP contribution in [0.1, 0.15) is 23.7 Å². The van der Waals surface area contributed by atoms with Crippen LogP contribution in [0.25, 0.3) is 6.08 Å². The maximum absolute atomic E-state index is 11.9. The van der Waals surface area contributed by atoms with E-state index in [9.17, 15) is 4.79 Å². The van der Waals surface area contributed by atoms with Crippen LogP contribution in [0.3, 0.4) is 0 Å². The van der Waals surface area contributed by atoms with Crippen molar-refractivity contribution in [2.45, 2.75) is 6.40 Å². The lowest BCUT2D eigenvalue weighted by atomic mass is 10.1. The average molecular weight is 223 g/mol. The zero-order chi connectivity index (χ0) is 12.8. The summed E-state index contributed by atoms with van der Waals surface area (Å²) in [5, 5.41) is 0. The van der Waals surface area contributed by atoms with Crippen LogP contribution in [-0.2, 0) is 0 Å². The minimum atomic E-state index is -0.854. The Labute approximate surface area is 103 Å². The number of carbonyl (C=O) groups is 1. The molecule has 17 heavy (non-hydrogen) atoms. The van der Waals surface area contributed by atoms with E-state index in [4.69, 9.17) is 1.37 Å². The fourth-order valence-electron chi connectivity index (χ4n) is 1.51. The van der Waals surface area contributed by atoms with Gasteiger partial charge in [-0.3, -0.25) is 4.79 Å². The number of rotatable bonds is 4. The predicted octanol–water partition coefficient (Wildman–Crippen LogP) is 3.97. The molecule has 0 aliphatic rings. The highest BCUT2D eigenvalue weighted by Crippen LogP contribution is 2.06. The molecule has 0 spiro atoms. The van der Waals surface area contributed by atoms with Gasteiger partial charge in [-0.2, -0.15) is 0 Å². The van der Waals surface area contributed by atoms with Crippen molar-refractivity contribution in [1.29, 1.82) is 0 Å². The number of ketones is 1. The smallest absolute Gasteiger partial charge is 0.166 e. The van der Waals surface area contributed by atoms with E-state index in [0.717, 1.165) is 5.56 Å². The molecular formula is C16H14O. The molecule has 0 amide bonds. The first-order chi connectivity index (χ1) is 8.77. The molecule has 0 bridgehead atoms. The Hall–Kier alpha value is -2.15. The van der Waals surface area contributed by atoms with E-state index in [1.165, 1.54) is 0 Å². The van der Waals surface area contributed by atoms with Crippen molar-refractivity contribution in [2.75, 3.05) is 0 Å². The van der Waals surface area contributed by atoms with Crippen LogP contribution >= 0.6 is 0 Å². The van der Waals surface area contributed by atoms with Crippen molar-refractivity contribution in [3.8, 4) is 0 Å². The van der Waals surface area contributed by atoms with E-state index in [1.807, 2.05) is 36.4 Å². The fourth-order valence-corrected chi connectivity index (χ4v) is 1.51. The summed E-state index contributed by atoms with van der Waals surface area (Å²) in [6.07, 6.45) is 2.57. The van der Waals surface area contributed by atoms with Crippen molar-refractivity contribution in [3.63, 3.8) is 0 Å². The lowest BCUT2D eigenvalue weighted by Crippen LogP contribution is -1.95. The SMILES string of the molecule is [2H]C(/C=C/c1ccccc1)C(=O)c1ccccc1. The number of benzene rings is 2. The number of hydrogen-bond acceptors (Lipinski definition) is 1. The number of allylic oxidation sites excluding steroid dienone is 1. The molecule has 0 saturated heterocycles.